The molecule has 0 unspecified atom stereocenters. The van der Waals surface area contributed by atoms with E-state index in [9.17, 15) is 9.90 Å². The van der Waals surface area contributed by atoms with Crippen molar-refractivity contribution in [3.05, 3.63) is 47.0 Å². The quantitative estimate of drug-likeness (QED) is 0.769. The van der Waals surface area contributed by atoms with Crippen LogP contribution in [0.4, 0.5) is 0 Å². The molecule has 1 aromatic heterocycles. The van der Waals surface area contributed by atoms with Crippen LogP contribution in [0.1, 0.15) is 16.7 Å². The minimum Gasteiger partial charge on any atom is -0.481 e. The number of aromatic amines is 1. The first-order valence-corrected chi connectivity index (χ1v) is 7.76. The van der Waals surface area contributed by atoms with Gasteiger partial charge in [0.1, 0.15) is 0 Å². The van der Waals surface area contributed by atoms with Gasteiger partial charge in [0, 0.05) is 16.5 Å². The number of carboxylic acid groups (broad SMARTS) is 1. The molecular formula is C19H17NO4. The van der Waals surface area contributed by atoms with Gasteiger partial charge < -0.3 is 19.6 Å². The number of aliphatic carboxylic acids is 1. The summed E-state index contributed by atoms with van der Waals surface area (Å²) in [5, 5.41) is 10.3. The minimum absolute atomic E-state index is 0.0341. The monoisotopic (exact) mass is 323 g/mol. The van der Waals surface area contributed by atoms with Crippen molar-refractivity contribution in [2.24, 2.45) is 0 Å². The van der Waals surface area contributed by atoms with Crippen LogP contribution >= 0.6 is 0 Å². The van der Waals surface area contributed by atoms with E-state index in [1.807, 2.05) is 38.1 Å². The zero-order chi connectivity index (χ0) is 16.8. The molecule has 0 bridgehead atoms. The van der Waals surface area contributed by atoms with Crippen LogP contribution in [0.3, 0.4) is 0 Å². The SMILES string of the molecule is Cc1cc(C)c2c(CC(=O)O)c(-c3ccc4c(c3)OCO4)[nH]c2c1. The van der Waals surface area contributed by atoms with E-state index in [2.05, 4.69) is 11.1 Å². The number of rotatable bonds is 3. The molecule has 0 amide bonds. The Labute approximate surface area is 138 Å². The zero-order valence-electron chi connectivity index (χ0n) is 13.5. The van der Waals surface area contributed by atoms with Crippen molar-refractivity contribution in [1.29, 1.82) is 0 Å². The molecule has 122 valence electrons. The zero-order valence-corrected chi connectivity index (χ0v) is 13.5. The van der Waals surface area contributed by atoms with E-state index in [4.69, 9.17) is 9.47 Å². The Morgan fingerprint density at radius 2 is 1.96 bits per heavy atom. The first-order chi connectivity index (χ1) is 11.5. The largest absolute Gasteiger partial charge is 0.481 e. The van der Waals surface area contributed by atoms with E-state index >= 15 is 0 Å². The number of benzene rings is 2. The third kappa shape index (κ3) is 2.29. The Kier molecular flexibility index (Phi) is 3.23. The van der Waals surface area contributed by atoms with Gasteiger partial charge in [0.25, 0.3) is 0 Å². The van der Waals surface area contributed by atoms with Crippen molar-refractivity contribution in [3.63, 3.8) is 0 Å². The van der Waals surface area contributed by atoms with Gasteiger partial charge in [-0.1, -0.05) is 6.07 Å². The fourth-order valence-electron chi connectivity index (χ4n) is 3.43. The third-order valence-corrected chi connectivity index (χ3v) is 4.33. The summed E-state index contributed by atoms with van der Waals surface area (Å²) in [6, 6.07) is 9.79. The Morgan fingerprint density at radius 1 is 1.17 bits per heavy atom. The second-order valence-electron chi connectivity index (χ2n) is 6.12. The van der Waals surface area contributed by atoms with Crippen LogP contribution in [-0.4, -0.2) is 22.9 Å². The second-order valence-corrected chi connectivity index (χ2v) is 6.12. The topological polar surface area (TPSA) is 71.6 Å². The van der Waals surface area contributed by atoms with Crippen molar-refractivity contribution < 1.29 is 19.4 Å². The van der Waals surface area contributed by atoms with Gasteiger partial charge in [-0.15, -0.1) is 0 Å². The number of nitrogens with one attached hydrogen (secondary N) is 1. The lowest BCUT2D eigenvalue weighted by atomic mass is 9.98. The van der Waals surface area contributed by atoms with E-state index in [0.29, 0.717) is 11.5 Å². The van der Waals surface area contributed by atoms with Gasteiger partial charge in [-0.3, -0.25) is 4.79 Å². The Balaban J connectivity index is 1.97. The van der Waals surface area contributed by atoms with E-state index in [-0.39, 0.29) is 13.2 Å². The van der Waals surface area contributed by atoms with Gasteiger partial charge in [-0.2, -0.15) is 0 Å². The number of carboxylic acids is 1. The first-order valence-electron chi connectivity index (χ1n) is 7.76. The van der Waals surface area contributed by atoms with Crippen molar-refractivity contribution in [3.8, 4) is 22.8 Å². The molecule has 2 N–H and O–H groups in total. The lowest BCUT2D eigenvalue weighted by molar-refractivity contribution is -0.136. The molecule has 0 radical (unpaired) electrons. The molecule has 0 saturated heterocycles. The molecule has 0 atom stereocenters. The van der Waals surface area contributed by atoms with Crippen molar-refractivity contribution in [2.75, 3.05) is 6.79 Å². The maximum Gasteiger partial charge on any atom is 0.307 e. The molecule has 1 aliphatic heterocycles. The molecule has 4 rings (SSSR count). The summed E-state index contributed by atoms with van der Waals surface area (Å²) >= 11 is 0. The summed E-state index contributed by atoms with van der Waals surface area (Å²) in [6.07, 6.45) is -0.0341. The fraction of sp³-hybridized carbons (Fsp3) is 0.211. The molecule has 24 heavy (non-hydrogen) atoms. The van der Waals surface area contributed by atoms with Crippen molar-refractivity contribution in [1.82, 2.24) is 4.98 Å². The molecule has 3 aromatic rings. The van der Waals surface area contributed by atoms with Gasteiger partial charge in [-0.05, 0) is 54.8 Å². The van der Waals surface area contributed by atoms with E-state index < -0.39 is 5.97 Å². The number of hydrogen-bond acceptors (Lipinski definition) is 3. The molecule has 5 nitrogen and oxygen atoms in total. The number of carbonyl (C=O) groups is 1. The molecule has 2 heterocycles. The number of fused-ring (bicyclic) bond motifs is 2. The van der Waals surface area contributed by atoms with Crippen LogP contribution < -0.4 is 9.47 Å². The highest BCUT2D eigenvalue weighted by Gasteiger charge is 2.20. The molecule has 0 saturated carbocycles. The van der Waals surface area contributed by atoms with Crippen LogP contribution in [0.25, 0.3) is 22.2 Å². The number of aryl methyl sites for hydroxylation is 2. The smallest absolute Gasteiger partial charge is 0.307 e. The van der Waals surface area contributed by atoms with E-state index in [0.717, 1.165) is 38.9 Å². The Bertz CT molecular complexity index is 971. The van der Waals surface area contributed by atoms with Crippen LogP contribution in [0.2, 0.25) is 0 Å². The number of ether oxygens (including phenoxy) is 2. The first kappa shape index (κ1) is 14.6. The van der Waals surface area contributed by atoms with Crippen LogP contribution in [0.5, 0.6) is 11.5 Å². The van der Waals surface area contributed by atoms with Crippen LogP contribution in [0.15, 0.2) is 30.3 Å². The Hall–Kier alpha value is -2.95. The highest BCUT2D eigenvalue weighted by atomic mass is 16.7. The number of H-pyrrole nitrogens is 1. The fourth-order valence-corrected chi connectivity index (χ4v) is 3.43. The lowest BCUT2D eigenvalue weighted by Gasteiger charge is -2.06. The predicted molar refractivity (Wildman–Crippen MR) is 90.7 cm³/mol. The summed E-state index contributed by atoms with van der Waals surface area (Å²) < 4.78 is 10.8. The molecule has 0 fully saturated rings. The number of aromatic nitrogens is 1. The van der Waals surface area contributed by atoms with Crippen LogP contribution in [-0.2, 0) is 11.2 Å². The maximum absolute atomic E-state index is 11.4. The summed E-state index contributed by atoms with van der Waals surface area (Å²) in [5.41, 5.74) is 5.68. The number of hydrogen-bond donors (Lipinski definition) is 2. The average Bonchev–Trinajstić information content (AvgIpc) is 3.10. The summed E-state index contributed by atoms with van der Waals surface area (Å²) in [6.45, 7) is 4.26. The second kappa shape index (κ2) is 5.30. The van der Waals surface area contributed by atoms with E-state index in [1.165, 1.54) is 0 Å². The highest BCUT2D eigenvalue weighted by molar-refractivity contribution is 5.96. The van der Waals surface area contributed by atoms with Crippen LogP contribution in [0, 0.1) is 13.8 Å². The molecule has 0 spiro atoms. The van der Waals surface area contributed by atoms with E-state index in [1.54, 1.807) is 0 Å². The van der Waals surface area contributed by atoms with Crippen molar-refractivity contribution >= 4 is 16.9 Å². The highest BCUT2D eigenvalue weighted by Crippen LogP contribution is 2.39. The summed E-state index contributed by atoms with van der Waals surface area (Å²) in [7, 11) is 0. The third-order valence-electron chi connectivity index (χ3n) is 4.33. The normalized spacial score (nSPS) is 12.8. The minimum atomic E-state index is -0.849. The molecule has 2 aromatic carbocycles. The predicted octanol–water partition coefficient (Wildman–Crippen LogP) is 3.81. The summed E-state index contributed by atoms with van der Waals surface area (Å²) in [4.78, 5) is 14.8. The molecular weight excluding hydrogens is 306 g/mol. The standard InChI is InChI=1S/C19H17NO4/c1-10-5-11(2)18-13(8-17(21)22)19(20-14(18)6-10)12-3-4-15-16(7-12)24-9-23-15/h3-7,20H,8-9H2,1-2H3,(H,21,22). The van der Waals surface area contributed by atoms with Gasteiger partial charge in [0.2, 0.25) is 6.79 Å². The maximum atomic E-state index is 11.4. The summed E-state index contributed by atoms with van der Waals surface area (Å²) in [5.74, 6) is 0.542. The van der Waals surface area contributed by atoms with Gasteiger partial charge in [-0.25, -0.2) is 0 Å². The lowest BCUT2D eigenvalue weighted by Crippen LogP contribution is -2.01. The molecule has 5 heteroatoms. The van der Waals surface area contributed by atoms with Gasteiger partial charge >= 0.3 is 5.97 Å². The average molecular weight is 323 g/mol. The van der Waals surface area contributed by atoms with Gasteiger partial charge in [0.15, 0.2) is 11.5 Å². The Morgan fingerprint density at radius 3 is 2.75 bits per heavy atom. The molecule has 0 aliphatic carbocycles. The van der Waals surface area contributed by atoms with Crippen molar-refractivity contribution in [2.45, 2.75) is 20.3 Å². The van der Waals surface area contributed by atoms with Gasteiger partial charge in [0.05, 0.1) is 12.1 Å². The molecule has 1 aliphatic rings.